The van der Waals surface area contributed by atoms with Gasteiger partial charge in [0.2, 0.25) is 0 Å². The maximum absolute atomic E-state index is 13.5. The summed E-state index contributed by atoms with van der Waals surface area (Å²) in [7, 11) is 1.76. The fourth-order valence-electron chi connectivity index (χ4n) is 5.12. The normalized spacial score (nSPS) is 25.1. The van der Waals surface area contributed by atoms with Crippen molar-refractivity contribution in [3.63, 3.8) is 0 Å². The van der Waals surface area contributed by atoms with E-state index in [4.69, 9.17) is 4.74 Å². The van der Waals surface area contributed by atoms with Crippen molar-refractivity contribution in [1.82, 2.24) is 9.88 Å². The molecule has 1 aromatic heterocycles. The maximum Gasteiger partial charge on any atom is 0.314 e. The van der Waals surface area contributed by atoms with Gasteiger partial charge in [-0.2, -0.15) is 0 Å². The van der Waals surface area contributed by atoms with Crippen molar-refractivity contribution in [1.29, 1.82) is 0 Å². The number of aromatic nitrogens is 1. The van der Waals surface area contributed by atoms with Crippen molar-refractivity contribution >= 4 is 17.7 Å². The summed E-state index contributed by atoms with van der Waals surface area (Å²) >= 11 is 0. The van der Waals surface area contributed by atoms with Crippen molar-refractivity contribution in [2.45, 2.75) is 44.7 Å². The molecule has 0 saturated carbocycles. The Bertz CT molecular complexity index is 901. The Labute approximate surface area is 171 Å². The summed E-state index contributed by atoms with van der Waals surface area (Å²) in [6.07, 6.45) is 4.63. The van der Waals surface area contributed by atoms with Crippen LogP contribution in [-0.4, -0.2) is 47.5 Å². The molecule has 2 bridgehead atoms. The Hall–Kier alpha value is -2.89. The first-order valence-corrected chi connectivity index (χ1v) is 10.3. The summed E-state index contributed by atoms with van der Waals surface area (Å²) in [4.78, 5) is 32.9. The van der Waals surface area contributed by atoms with Crippen LogP contribution in [0.2, 0.25) is 0 Å². The Morgan fingerprint density at radius 3 is 2.72 bits per heavy atom. The highest BCUT2D eigenvalue weighted by atomic mass is 16.5. The van der Waals surface area contributed by atoms with E-state index in [1.807, 2.05) is 42.2 Å². The SMILES string of the molecule is CCOC(=O)[C@@]1(Cc2ccccc2)C[C@H]2CC[C@@H]1N2C(=O)c1cccnc1NC. The Morgan fingerprint density at radius 1 is 1.21 bits per heavy atom. The predicted molar refractivity (Wildman–Crippen MR) is 111 cm³/mol. The van der Waals surface area contributed by atoms with E-state index in [1.165, 1.54) is 0 Å². The molecular formula is C23H27N3O3. The largest absolute Gasteiger partial charge is 0.465 e. The average Bonchev–Trinajstić information content (AvgIpc) is 3.30. The molecule has 2 saturated heterocycles. The van der Waals surface area contributed by atoms with Gasteiger partial charge in [-0.25, -0.2) is 4.98 Å². The second kappa shape index (κ2) is 7.85. The molecule has 0 radical (unpaired) electrons. The number of amides is 1. The number of nitrogens with zero attached hydrogens (tertiary/aromatic N) is 2. The van der Waals surface area contributed by atoms with Gasteiger partial charge >= 0.3 is 5.97 Å². The smallest absolute Gasteiger partial charge is 0.314 e. The van der Waals surface area contributed by atoms with E-state index in [9.17, 15) is 9.59 Å². The first-order chi connectivity index (χ1) is 14.1. The van der Waals surface area contributed by atoms with E-state index in [1.54, 1.807) is 25.4 Å². The maximum atomic E-state index is 13.5. The number of benzene rings is 1. The number of anilines is 1. The third kappa shape index (κ3) is 3.26. The lowest BCUT2D eigenvalue weighted by Crippen LogP contribution is -2.47. The van der Waals surface area contributed by atoms with Gasteiger partial charge in [0.15, 0.2) is 0 Å². The van der Waals surface area contributed by atoms with E-state index < -0.39 is 5.41 Å². The van der Waals surface area contributed by atoms with Crippen LogP contribution >= 0.6 is 0 Å². The number of nitrogens with one attached hydrogen (secondary N) is 1. The molecule has 3 heterocycles. The molecule has 29 heavy (non-hydrogen) atoms. The summed E-state index contributed by atoms with van der Waals surface area (Å²) in [5, 5.41) is 3.00. The van der Waals surface area contributed by atoms with E-state index in [2.05, 4.69) is 10.3 Å². The molecule has 2 aromatic rings. The van der Waals surface area contributed by atoms with Crippen LogP contribution in [0.25, 0.3) is 0 Å². The molecule has 2 aliphatic rings. The van der Waals surface area contributed by atoms with Gasteiger partial charge in [-0.1, -0.05) is 30.3 Å². The fraction of sp³-hybridized carbons (Fsp3) is 0.435. The molecule has 0 unspecified atom stereocenters. The molecule has 1 amide bonds. The molecule has 152 valence electrons. The van der Waals surface area contributed by atoms with Gasteiger partial charge in [0.05, 0.1) is 17.6 Å². The Balaban J connectivity index is 1.70. The van der Waals surface area contributed by atoms with Crippen LogP contribution in [0.4, 0.5) is 5.82 Å². The second-order valence-electron chi connectivity index (χ2n) is 7.85. The predicted octanol–water partition coefficient (Wildman–Crippen LogP) is 3.29. The van der Waals surface area contributed by atoms with Crippen molar-refractivity contribution in [3.8, 4) is 0 Å². The summed E-state index contributed by atoms with van der Waals surface area (Å²) in [6, 6.07) is 13.5. The molecule has 0 aliphatic carbocycles. The zero-order valence-corrected chi connectivity index (χ0v) is 16.9. The van der Waals surface area contributed by atoms with Gasteiger partial charge in [-0.05, 0) is 50.3 Å². The van der Waals surface area contributed by atoms with Gasteiger partial charge in [0.25, 0.3) is 5.91 Å². The lowest BCUT2D eigenvalue weighted by atomic mass is 9.70. The van der Waals surface area contributed by atoms with Gasteiger partial charge in [-0.3, -0.25) is 9.59 Å². The number of carbonyl (C=O) groups is 2. The molecule has 4 rings (SSSR count). The summed E-state index contributed by atoms with van der Waals surface area (Å²) < 4.78 is 5.53. The minimum Gasteiger partial charge on any atom is -0.465 e. The first kappa shape index (κ1) is 19.4. The number of carbonyl (C=O) groups excluding carboxylic acids is 2. The quantitative estimate of drug-likeness (QED) is 0.763. The molecule has 1 aromatic carbocycles. The van der Waals surface area contributed by atoms with Gasteiger partial charge in [-0.15, -0.1) is 0 Å². The van der Waals surface area contributed by atoms with E-state index in [-0.39, 0.29) is 24.0 Å². The summed E-state index contributed by atoms with van der Waals surface area (Å²) in [6.45, 7) is 2.17. The summed E-state index contributed by atoms with van der Waals surface area (Å²) in [5.41, 5.74) is 0.946. The number of esters is 1. The highest BCUT2D eigenvalue weighted by Crippen LogP contribution is 2.53. The molecule has 6 heteroatoms. The Kier molecular flexibility index (Phi) is 5.26. The van der Waals surface area contributed by atoms with E-state index >= 15 is 0 Å². The third-order valence-electron chi connectivity index (χ3n) is 6.29. The lowest BCUT2D eigenvalue weighted by Gasteiger charge is -2.35. The van der Waals surface area contributed by atoms with Crippen LogP contribution in [0.15, 0.2) is 48.7 Å². The van der Waals surface area contributed by atoms with Crippen LogP contribution in [0.3, 0.4) is 0 Å². The van der Waals surface area contributed by atoms with Gasteiger partial charge in [0, 0.05) is 25.3 Å². The molecular weight excluding hydrogens is 366 g/mol. The summed E-state index contributed by atoms with van der Waals surface area (Å²) in [5.74, 6) is 0.316. The van der Waals surface area contributed by atoms with Crippen molar-refractivity contribution in [2.75, 3.05) is 19.0 Å². The average molecular weight is 393 g/mol. The number of rotatable bonds is 6. The molecule has 1 N–H and O–H groups in total. The van der Waals surface area contributed by atoms with Crippen LogP contribution in [0, 0.1) is 5.41 Å². The van der Waals surface area contributed by atoms with Crippen molar-refractivity contribution < 1.29 is 14.3 Å². The number of hydrogen-bond acceptors (Lipinski definition) is 5. The standard InChI is InChI=1S/C23H27N3O3/c1-3-29-22(28)23(14-16-8-5-4-6-9-16)15-17-11-12-19(23)26(17)21(27)18-10-7-13-25-20(18)24-2/h4-10,13,17,19H,3,11-12,14-15H2,1-2H3,(H,24,25)/t17-,19+,23+/m1/s1. The van der Waals surface area contributed by atoms with Gasteiger partial charge < -0.3 is 15.0 Å². The number of fused-ring (bicyclic) bond motifs is 2. The van der Waals surface area contributed by atoms with Crippen molar-refractivity contribution in [3.05, 3.63) is 59.8 Å². The van der Waals surface area contributed by atoms with Crippen LogP contribution in [0.5, 0.6) is 0 Å². The van der Waals surface area contributed by atoms with Crippen LogP contribution in [-0.2, 0) is 16.0 Å². The highest BCUT2D eigenvalue weighted by molar-refractivity contribution is 6.00. The zero-order valence-electron chi connectivity index (χ0n) is 16.9. The van der Waals surface area contributed by atoms with Crippen molar-refractivity contribution in [2.24, 2.45) is 5.41 Å². The minimum absolute atomic E-state index is 0.0468. The van der Waals surface area contributed by atoms with Gasteiger partial charge in [0.1, 0.15) is 5.82 Å². The molecule has 6 nitrogen and oxygen atoms in total. The van der Waals surface area contributed by atoms with E-state index in [0.717, 1.165) is 18.4 Å². The second-order valence-corrected chi connectivity index (χ2v) is 7.85. The first-order valence-electron chi connectivity index (χ1n) is 10.3. The molecule has 2 fully saturated rings. The number of pyridine rings is 1. The zero-order chi connectivity index (χ0) is 20.4. The van der Waals surface area contributed by atoms with Crippen LogP contribution < -0.4 is 5.32 Å². The lowest BCUT2D eigenvalue weighted by molar-refractivity contribution is -0.157. The number of ether oxygens (including phenoxy) is 1. The Morgan fingerprint density at radius 2 is 2.00 bits per heavy atom. The highest BCUT2D eigenvalue weighted by Gasteiger charge is 2.62. The molecule has 3 atom stereocenters. The molecule has 2 aliphatic heterocycles. The van der Waals surface area contributed by atoms with Crippen LogP contribution in [0.1, 0.15) is 42.1 Å². The number of hydrogen-bond donors (Lipinski definition) is 1. The third-order valence-corrected chi connectivity index (χ3v) is 6.29. The van der Waals surface area contributed by atoms with E-state index in [0.29, 0.717) is 30.8 Å². The molecule has 0 spiro atoms. The fourth-order valence-corrected chi connectivity index (χ4v) is 5.12. The minimum atomic E-state index is -0.696. The topological polar surface area (TPSA) is 71.5 Å². The monoisotopic (exact) mass is 393 g/mol.